The van der Waals surface area contributed by atoms with E-state index in [9.17, 15) is 18.0 Å². The van der Waals surface area contributed by atoms with Crippen LogP contribution < -0.4 is 10.1 Å². The highest BCUT2D eigenvalue weighted by Gasteiger charge is 2.42. The number of aromatic nitrogens is 2. The molecule has 0 atom stereocenters. The molecule has 1 N–H and O–H groups in total. The fourth-order valence-electron chi connectivity index (χ4n) is 2.84. The molecule has 11 heteroatoms. The van der Waals surface area contributed by atoms with Crippen molar-refractivity contribution in [2.24, 2.45) is 0 Å². The smallest absolute Gasteiger partial charge is 0.484 e. The minimum atomic E-state index is -4.64. The lowest BCUT2D eigenvalue weighted by Crippen LogP contribution is -2.34. The molecule has 0 saturated heterocycles. The van der Waals surface area contributed by atoms with Crippen LogP contribution in [-0.4, -0.2) is 35.2 Å². The largest absolute Gasteiger partial charge is 0.522 e. The van der Waals surface area contributed by atoms with Crippen LogP contribution in [0.5, 0.6) is 5.75 Å². The van der Waals surface area contributed by atoms with E-state index in [0.717, 1.165) is 0 Å². The average molecular weight is 446 g/mol. The highest BCUT2D eigenvalue weighted by molar-refractivity contribution is 6.30. The second kappa shape index (κ2) is 9.48. The van der Waals surface area contributed by atoms with Gasteiger partial charge in [0, 0.05) is 23.1 Å². The molecule has 0 radical (unpaired) electrons. The molecule has 1 aliphatic carbocycles. The van der Waals surface area contributed by atoms with Gasteiger partial charge in [0.05, 0.1) is 6.10 Å². The number of amides is 1. The Hall–Kier alpha value is -2.59. The Labute approximate surface area is 175 Å². The zero-order chi connectivity index (χ0) is 21.7. The molecule has 1 amide bonds. The van der Waals surface area contributed by atoms with E-state index in [2.05, 4.69) is 26.8 Å². The Balaban J connectivity index is 1.36. The van der Waals surface area contributed by atoms with Gasteiger partial charge in [-0.3, -0.25) is 9.53 Å². The first kappa shape index (κ1) is 22.1. The summed E-state index contributed by atoms with van der Waals surface area (Å²) in [6.45, 7) is 3.57. The second-order valence-electron chi connectivity index (χ2n) is 6.79. The van der Waals surface area contributed by atoms with E-state index in [1.807, 2.05) is 0 Å². The Kier molecular flexibility index (Phi) is 6.99. The third-order valence-corrected chi connectivity index (χ3v) is 4.58. The maximum absolute atomic E-state index is 12.2. The Morgan fingerprint density at radius 3 is 2.80 bits per heavy atom. The number of carbonyl (C=O) groups is 1. The van der Waals surface area contributed by atoms with Crippen molar-refractivity contribution in [1.82, 2.24) is 15.5 Å². The number of halogens is 4. The predicted octanol–water partition coefficient (Wildman–Crippen LogP) is 4.15. The van der Waals surface area contributed by atoms with Gasteiger partial charge in [0.1, 0.15) is 5.75 Å². The van der Waals surface area contributed by atoms with Gasteiger partial charge in [-0.25, -0.2) is 0 Å². The molecule has 3 rings (SSSR count). The summed E-state index contributed by atoms with van der Waals surface area (Å²) in [5.41, 5.74) is 0.441. The van der Waals surface area contributed by atoms with Crippen LogP contribution in [0, 0.1) is 0 Å². The maximum Gasteiger partial charge on any atom is 0.522 e. The van der Waals surface area contributed by atoms with Crippen molar-refractivity contribution < 1.29 is 31.9 Å². The summed E-state index contributed by atoms with van der Waals surface area (Å²) in [7, 11) is 0. The van der Waals surface area contributed by atoms with Crippen molar-refractivity contribution in [3.63, 3.8) is 0 Å². The van der Waals surface area contributed by atoms with Crippen LogP contribution in [0.25, 0.3) is 0 Å². The van der Waals surface area contributed by atoms with Crippen molar-refractivity contribution in [2.45, 2.75) is 44.1 Å². The Bertz CT molecular complexity index is 897. The molecule has 0 bridgehead atoms. The standard InChI is InChI=1S/C19H19ClF3N3O4/c1-11(24-16(27)10-28-14-4-2-3-13(20)9-14)5-6-17-25-26-18(29-17)12-7-15(8-12)30-19(21,22)23/h2-4,9,12,15H,1,5-8,10H2,(H,24,27)/t12-,15+. The monoisotopic (exact) mass is 445 g/mol. The summed E-state index contributed by atoms with van der Waals surface area (Å²) in [4.78, 5) is 11.9. The number of hydrogen-bond acceptors (Lipinski definition) is 6. The number of rotatable bonds is 9. The molecular weight excluding hydrogens is 427 g/mol. The maximum atomic E-state index is 12.2. The molecule has 7 nitrogen and oxygen atoms in total. The number of allylic oxidation sites excluding steroid dienone is 1. The predicted molar refractivity (Wildman–Crippen MR) is 99.8 cm³/mol. The van der Waals surface area contributed by atoms with E-state index in [4.69, 9.17) is 20.8 Å². The Morgan fingerprint density at radius 1 is 1.33 bits per heavy atom. The van der Waals surface area contributed by atoms with Crippen LogP contribution in [0.15, 0.2) is 41.0 Å². The highest BCUT2D eigenvalue weighted by atomic mass is 35.5. The number of carbonyl (C=O) groups excluding carboxylic acids is 1. The van der Waals surface area contributed by atoms with Crippen LogP contribution in [0.1, 0.15) is 37.0 Å². The molecule has 2 aromatic rings. The summed E-state index contributed by atoms with van der Waals surface area (Å²) in [6, 6.07) is 6.68. The lowest BCUT2D eigenvalue weighted by atomic mass is 9.82. The normalized spacial score (nSPS) is 18.5. The van der Waals surface area contributed by atoms with E-state index in [1.54, 1.807) is 24.3 Å². The topological polar surface area (TPSA) is 86.5 Å². The first-order valence-electron chi connectivity index (χ1n) is 9.11. The molecular formula is C19H19ClF3N3O4. The number of aryl methyl sites for hydroxylation is 1. The molecule has 162 valence electrons. The van der Waals surface area contributed by atoms with Crippen LogP contribution in [0.4, 0.5) is 13.2 Å². The number of nitrogens with zero attached hydrogens (tertiary/aromatic N) is 2. The third-order valence-electron chi connectivity index (χ3n) is 4.35. The first-order chi connectivity index (χ1) is 14.2. The van der Waals surface area contributed by atoms with Gasteiger partial charge in [-0.05, 0) is 37.5 Å². The van der Waals surface area contributed by atoms with Crippen LogP contribution in [-0.2, 0) is 16.0 Å². The molecule has 0 spiro atoms. The summed E-state index contributed by atoms with van der Waals surface area (Å²) in [5.74, 6) is 0.453. The van der Waals surface area contributed by atoms with Gasteiger partial charge in [0.25, 0.3) is 5.91 Å². The van der Waals surface area contributed by atoms with Gasteiger partial charge in [-0.1, -0.05) is 24.2 Å². The zero-order valence-corrected chi connectivity index (χ0v) is 16.5. The lowest BCUT2D eigenvalue weighted by Gasteiger charge is -2.32. The quantitative estimate of drug-likeness (QED) is 0.624. The van der Waals surface area contributed by atoms with E-state index < -0.39 is 12.5 Å². The molecule has 0 aliphatic heterocycles. The van der Waals surface area contributed by atoms with E-state index in [1.165, 1.54) is 0 Å². The summed E-state index contributed by atoms with van der Waals surface area (Å²) in [6.07, 6.45) is -4.48. The van der Waals surface area contributed by atoms with Crippen molar-refractivity contribution in [1.29, 1.82) is 0 Å². The third kappa shape index (κ3) is 6.74. The van der Waals surface area contributed by atoms with Gasteiger partial charge in [-0.2, -0.15) is 0 Å². The zero-order valence-electron chi connectivity index (χ0n) is 15.7. The number of nitrogens with one attached hydrogen (secondary N) is 1. The SMILES string of the molecule is C=C(CCc1nnc([C@H]2C[C@@H](OC(F)(F)F)C2)o1)NC(=O)COc1cccc(Cl)c1. The minimum absolute atomic E-state index is 0.177. The molecule has 1 aromatic carbocycles. The van der Waals surface area contributed by atoms with Crippen LogP contribution >= 0.6 is 11.6 Å². The Morgan fingerprint density at radius 2 is 2.10 bits per heavy atom. The first-order valence-corrected chi connectivity index (χ1v) is 9.48. The molecule has 1 fully saturated rings. The van der Waals surface area contributed by atoms with E-state index >= 15 is 0 Å². The molecule has 1 aromatic heterocycles. The number of ether oxygens (including phenoxy) is 2. The number of benzene rings is 1. The van der Waals surface area contributed by atoms with Gasteiger partial charge in [0.15, 0.2) is 6.61 Å². The van der Waals surface area contributed by atoms with Gasteiger partial charge in [-0.15, -0.1) is 23.4 Å². The molecule has 1 aliphatic rings. The molecule has 30 heavy (non-hydrogen) atoms. The summed E-state index contributed by atoms with van der Waals surface area (Å²) < 4.78 is 51.2. The summed E-state index contributed by atoms with van der Waals surface area (Å²) >= 11 is 5.84. The fourth-order valence-corrected chi connectivity index (χ4v) is 3.02. The fraction of sp³-hybridized carbons (Fsp3) is 0.421. The van der Waals surface area contributed by atoms with Crippen molar-refractivity contribution >= 4 is 17.5 Å². The molecule has 0 unspecified atom stereocenters. The van der Waals surface area contributed by atoms with Crippen molar-refractivity contribution in [2.75, 3.05) is 6.61 Å². The van der Waals surface area contributed by atoms with Crippen molar-refractivity contribution in [3.05, 3.63) is 53.3 Å². The van der Waals surface area contributed by atoms with Crippen LogP contribution in [0.3, 0.4) is 0 Å². The highest BCUT2D eigenvalue weighted by Crippen LogP contribution is 2.40. The van der Waals surface area contributed by atoms with Crippen LogP contribution in [0.2, 0.25) is 5.02 Å². The number of hydrogen-bond donors (Lipinski definition) is 1. The molecule has 1 saturated carbocycles. The summed E-state index contributed by atoms with van der Waals surface area (Å²) in [5, 5.41) is 10.9. The van der Waals surface area contributed by atoms with Gasteiger partial charge >= 0.3 is 6.36 Å². The van der Waals surface area contributed by atoms with Gasteiger partial charge in [0.2, 0.25) is 11.8 Å². The van der Waals surface area contributed by atoms with Gasteiger partial charge < -0.3 is 14.5 Å². The lowest BCUT2D eigenvalue weighted by molar-refractivity contribution is -0.352. The minimum Gasteiger partial charge on any atom is -0.484 e. The van der Waals surface area contributed by atoms with E-state index in [0.29, 0.717) is 35.2 Å². The number of alkyl halides is 3. The average Bonchev–Trinajstić information content (AvgIpc) is 3.09. The second-order valence-corrected chi connectivity index (χ2v) is 7.22. The van der Waals surface area contributed by atoms with E-state index in [-0.39, 0.29) is 37.2 Å². The van der Waals surface area contributed by atoms with Crippen molar-refractivity contribution in [3.8, 4) is 5.75 Å². The molecule has 1 heterocycles.